The summed E-state index contributed by atoms with van der Waals surface area (Å²) in [6.45, 7) is 11.9. The Morgan fingerprint density at radius 3 is 1.24 bits per heavy atom. The molecular weight excluding hydrogens is 1380 g/mol. The van der Waals surface area contributed by atoms with E-state index in [9.17, 15) is 45.8 Å². The van der Waals surface area contributed by atoms with Crippen molar-refractivity contribution < 1.29 is 103 Å². The first kappa shape index (κ1) is 75.3. The number of aliphatic hydroxyl groups is 2. The molecule has 0 radical (unpaired) electrons. The number of fused-ring (bicyclic) bond motifs is 2. The zero-order valence-electron chi connectivity index (χ0n) is 52.2. The zero-order chi connectivity index (χ0) is 65.6. The average molecular weight is 1470 g/mol. The quantitative estimate of drug-likeness (QED) is 0.0234. The highest BCUT2D eigenvalue weighted by Crippen LogP contribution is 2.38. The number of hydrogen-bond donors (Lipinski definition) is 6. The minimum absolute atomic E-state index is 0. The number of sulfonamides is 2. The number of aliphatic hydroxyl groups excluding tert-OH is 2. The molecule has 31 heteroatoms. The molecule has 4 aromatic carbocycles. The Hall–Kier alpha value is -4.69. The van der Waals surface area contributed by atoms with Crippen molar-refractivity contribution in [2.75, 3.05) is 92.9 Å². The van der Waals surface area contributed by atoms with Gasteiger partial charge in [-0.25, -0.2) is 26.4 Å². The van der Waals surface area contributed by atoms with Gasteiger partial charge in [-0.15, -0.1) is 24.0 Å². The number of methoxy groups -OCH3 is 2. The van der Waals surface area contributed by atoms with Crippen molar-refractivity contribution in [3.8, 4) is 23.0 Å². The van der Waals surface area contributed by atoms with Crippen LogP contribution in [-0.2, 0) is 70.4 Å². The highest BCUT2D eigenvalue weighted by molar-refractivity contribution is 14.0. The van der Waals surface area contributed by atoms with Gasteiger partial charge in [0.15, 0.2) is 18.9 Å². The second-order valence-electron chi connectivity index (χ2n) is 23.8. The number of carbonyl (C=O) groups is 2. The number of carbonyl (C=O) groups excluding carboxylic acids is 2. The fourth-order valence-corrected chi connectivity index (χ4v) is 14.5. The van der Waals surface area contributed by atoms with Gasteiger partial charge >= 0.3 is 19.8 Å². The van der Waals surface area contributed by atoms with Crippen LogP contribution < -0.4 is 29.6 Å². The number of alkyl carbamates (subject to hydrolysis) is 2. The summed E-state index contributed by atoms with van der Waals surface area (Å²) in [7, 11) is -11.8. The number of ether oxygens (including phenoxy) is 10. The molecule has 4 saturated heterocycles. The molecule has 508 valence electrons. The summed E-state index contributed by atoms with van der Waals surface area (Å²) in [5, 5.41) is 28.5. The molecule has 0 aliphatic carbocycles. The van der Waals surface area contributed by atoms with Gasteiger partial charge < -0.3 is 82.6 Å². The van der Waals surface area contributed by atoms with Crippen molar-refractivity contribution in [2.24, 2.45) is 23.7 Å². The summed E-state index contributed by atoms with van der Waals surface area (Å²) < 4.78 is 135. The number of nitrogens with one attached hydrogen (secondary N) is 2. The molecule has 91 heavy (non-hydrogen) atoms. The van der Waals surface area contributed by atoms with Crippen LogP contribution in [0.4, 0.5) is 9.59 Å². The van der Waals surface area contributed by atoms with Gasteiger partial charge in [-0.1, -0.05) is 52.0 Å². The van der Waals surface area contributed by atoms with Crippen LogP contribution in [0, 0.1) is 23.7 Å². The maximum Gasteiger partial charge on any atom is 0.407 e. The number of halogens is 1. The Morgan fingerprint density at radius 1 is 0.560 bits per heavy atom. The highest BCUT2D eigenvalue weighted by Gasteiger charge is 2.46. The maximum atomic E-state index is 13.7. The molecule has 0 spiro atoms. The lowest BCUT2D eigenvalue weighted by atomic mass is 10.0. The summed E-state index contributed by atoms with van der Waals surface area (Å²) in [5.74, 6) is 1.48. The summed E-state index contributed by atoms with van der Waals surface area (Å²) in [5.41, 5.74) is 1.38. The molecular formula is C60H87IN4O22P2S2. The van der Waals surface area contributed by atoms with Crippen LogP contribution in [0.5, 0.6) is 23.0 Å². The van der Waals surface area contributed by atoms with Gasteiger partial charge in [0.05, 0.1) is 86.6 Å². The Morgan fingerprint density at radius 2 is 0.912 bits per heavy atom. The third kappa shape index (κ3) is 22.8. The summed E-state index contributed by atoms with van der Waals surface area (Å²) in [4.78, 5) is 44.5. The molecule has 0 unspecified atom stereocenters. The van der Waals surface area contributed by atoms with Crippen molar-refractivity contribution in [1.82, 2.24) is 19.2 Å². The van der Waals surface area contributed by atoms with Crippen LogP contribution >= 0.6 is 38.7 Å². The number of hydrogen-bond acceptors (Lipinski definition) is 20. The van der Waals surface area contributed by atoms with Gasteiger partial charge in [0.1, 0.15) is 48.7 Å². The summed E-state index contributed by atoms with van der Waals surface area (Å²) >= 11 is 0. The lowest BCUT2D eigenvalue weighted by Gasteiger charge is -2.31. The van der Waals surface area contributed by atoms with Crippen molar-refractivity contribution in [2.45, 2.75) is 112 Å². The fraction of sp³-hybridized carbons (Fsp3) is 0.567. The SMILES string of the molecule is COc1ccc(S(=O)(=O)N(CC(C)C)C[C@@H](O)[C@H](Cc2ccc(OCP(=O)(O)O)cc2)NC(=O)O[C@H]2CO[C@H]3OCC[C@H]32)cc1.COc1ccc(S(=O)(=O)N(CC(C)C)C[C@@H](O)[C@H](Cc2ccc(OCP(C)(C)=O)cc2)NC(=O)O[C@H]2CO[C@H]3OCC[C@H]32)cc1.I. The van der Waals surface area contributed by atoms with Gasteiger partial charge in [-0.3, -0.25) is 4.57 Å². The van der Waals surface area contributed by atoms with E-state index in [1.165, 1.54) is 71.4 Å². The van der Waals surface area contributed by atoms with Crippen LogP contribution in [0.1, 0.15) is 51.7 Å². The Kier molecular flexibility index (Phi) is 28.2. The first-order chi connectivity index (χ1) is 42.5. The zero-order valence-corrected chi connectivity index (χ0v) is 58.0. The second kappa shape index (κ2) is 34.1. The van der Waals surface area contributed by atoms with E-state index in [2.05, 4.69) is 10.6 Å². The first-order valence-corrected chi connectivity index (χ1v) is 37.0. The van der Waals surface area contributed by atoms with E-state index in [0.29, 0.717) is 48.9 Å². The van der Waals surface area contributed by atoms with E-state index in [-0.39, 0.29) is 122 Å². The highest BCUT2D eigenvalue weighted by atomic mass is 127. The topological polar surface area (TPSA) is 340 Å². The normalized spacial score (nSPS) is 21.1. The van der Waals surface area contributed by atoms with E-state index in [4.69, 9.17) is 57.2 Å². The molecule has 6 N–H and O–H groups in total. The van der Waals surface area contributed by atoms with E-state index < -0.39 is 102 Å². The Bertz CT molecular complexity index is 3060. The Labute approximate surface area is 549 Å². The van der Waals surface area contributed by atoms with Gasteiger partial charge in [-0.2, -0.15) is 8.61 Å². The molecule has 4 aliphatic heterocycles. The maximum absolute atomic E-state index is 13.7. The molecule has 4 fully saturated rings. The molecule has 8 rings (SSSR count). The molecule has 26 nitrogen and oxygen atoms in total. The molecule has 4 heterocycles. The molecule has 0 saturated carbocycles. The third-order valence-electron chi connectivity index (χ3n) is 15.0. The molecule has 4 aliphatic rings. The van der Waals surface area contributed by atoms with Crippen molar-refractivity contribution in [1.29, 1.82) is 0 Å². The minimum Gasteiger partial charge on any atom is -0.497 e. The van der Waals surface area contributed by atoms with Crippen LogP contribution in [0.15, 0.2) is 107 Å². The van der Waals surface area contributed by atoms with E-state index in [0.717, 1.165) is 5.56 Å². The minimum atomic E-state index is -4.37. The van der Waals surface area contributed by atoms with E-state index in [1.807, 2.05) is 27.7 Å². The standard InChI is InChI=1S/C31H45N2O10PS.C29H41N2O12PS.HI/c1-21(2)17-33(45(37,38)25-12-10-23(39-3)11-13-25)18-28(34)27(16-22-6-8-24(9-7-22)42-20-44(4,5)36)32-31(35)43-29-19-41-30-26(29)14-15-40-30;1-19(2)15-31(45(37,38)23-10-8-21(39-3)9-11-23)16-26(32)25(14-20-4-6-22(7-5-20)42-18-44(34,35)36)30-29(33)43-27-17-41-28-24(27)12-13-40-28;/h6-13,21,26-30,34H,14-20H2,1-5H3,(H,32,35);4-11,19,24-28,32H,12-18H2,1-3H3,(H,30,33)(H2,34,35,36);1H/t26-,27-,28+,29-,30+;24-,25-,26+,27-,28+;/m00./s1. The smallest absolute Gasteiger partial charge is 0.407 e. The van der Waals surface area contributed by atoms with Crippen molar-refractivity contribution in [3.05, 3.63) is 108 Å². The predicted molar refractivity (Wildman–Crippen MR) is 345 cm³/mol. The lowest BCUT2D eigenvalue weighted by Crippen LogP contribution is -2.51. The van der Waals surface area contributed by atoms with Crippen molar-refractivity contribution >= 4 is 70.9 Å². The van der Waals surface area contributed by atoms with Crippen molar-refractivity contribution in [3.63, 3.8) is 0 Å². The van der Waals surface area contributed by atoms with Gasteiger partial charge in [0.25, 0.3) is 0 Å². The van der Waals surface area contributed by atoms with E-state index in [1.54, 1.807) is 61.9 Å². The van der Waals surface area contributed by atoms with Crippen LogP contribution in [-0.4, -0.2) is 200 Å². The number of amides is 2. The molecule has 4 aromatic rings. The average Bonchev–Trinajstić information content (AvgIpc) is 1.84. The predicted octanol–water partition coefficient (Wildman–Crippen LogP) is 6.69. The summed E-state index contributed by atoms with van der Waals surface area (Å²) in [6, 6.07) is 23.4. The second-order valence-corrected chi connectivity index (χ2v) is 32.7. The number of rotatable bonds is 30. The number of benzene rings is 4. The van der Waals surface area contributed by atoms with Gasteiger partial charge in [0.2, 0.25) is 20.0 Å². The molecule has 10 atom stereocenters. The molecule has 0 aromatic heterocycles. The lowest BCUT2D eigenvalue weighted by molar-refractivity contribution is -0.0909. The van der Waals surface area contributed by atoms with Crippen LogP contribution in [0.2, 0.25) is 0 Å². The van der Waals surface area contributed by atoms with Crippen LogP contribution in [0.25, 0.3) is 0 Å². The van der Waals surface area contributed by atoms with Crippen LogP contribution in [0.3, 0.4) is 0 Å². The van der Waals surface area contributed by atoms with E-state index >= 15 is 0 Å². The van der Waals surface area contributed by atoms with Gasteiger partial charge in [0, 0.05) is 26.2 Å². The third-order valence-corrected chi connectivity index (χ3v) is 19.9. The Balaban J connectivity index is 0.000000286. The first-order valence-electron chi connectivity index (χ1n) is 29.6. The summed E-state index contributed by atoms with van der Waals surface area (Å²) in [6.07, 6.45) is -5.09. The number of nitrogens with zero attached hydrogens (tertiary/aromatic N) is 2. The fourth-order valence-electron chi connectivity index (χ4n) is 10.5. The monoisotopic (exact) mass is 1470 g/mol. The molecule has 0 bridgehead atoms. The van der Waals surface area contributed by atoms with Gasteiger partial charge in [-0.05, 0) is 135 Å². The largest absolute Gasteiger partial charge is 0.497 e. The molecule has 2 amide bonds.